The van der Waals surface area contributed by atoms with Crippen molar-refractivity contribution in [2.75, 3.05) is 18.5 Å². The van der Waals surface area contributed by atoms with Crippen LogP contribution in [0.2, 0.25) is 0 Å². The molecule has 1 rings (SSSR count). The summed E-state index contributed by atoms with van der Waals surface area (Å²) in [6.45, 7) is 4.19. The first-order valence-electron chi connectivity index (χ1n) is 6.41. The Morgan fingerprint density at radius 3 is 2.50 bits per heavy atom. The summed E-state index contributed by atoms with van der Waals surface area (Å²) in [5.74, 6) is -1.39. The number of benzene rings is 1. The zero-order valence-electron chi connectivity index (χ0n) is 11.6. The predicted octanol–water partition coefficient (Wildman–Crippen LogP) is 1.33. The lowest BCUT2D eigenvalue weighted by Crippen LogP contribution is -2.25. The molecule has 0 heterocycles. The van der Waals surface area contributed by atoms with E-state index >= 15 is 0 Å². The van der Waals surface area contributed by atoms with Gasteiger partial charge in [-0.1, -0.05) is 12.1 Å². The van der Waals surface area contributed by atoms with Gasteiger partial charge in [-0.05, 0) is 26.0 Å². The van der Waals surface area contributed by atoms with E-state index in [0.29, 0.717) is 17.8 Å². The molecule has 0 radical (unpaired) electrons. The van der Waals surface area contributed by atoms with Crippen molar-refractivity contribution in [1.82, 2.24) is 5.32 Å². The number of para-hydroxylation sites is 1. The van der Waals surface area contributed by atoms with Gasteiger partial charge >= 0.3 is 5.97 Å². The third-order valence-electron chi connectivity index (χ3n) is 2.39. The fourth-order valence-electron chi connectivity index (χ4n) is 1.58. The Kier molecular flexibility index (Phi) is 6.22. The quantitative estimate of drug-likeness (QED) is 0.607. The van der Waals surface area contributed by atoms with Crippen LogP contribution in [0.25, 0.3) is 0 Å². The Morgan fingerprint density at radius 1 is 1.15 bits per heavy atom. The van der Waals surface area contributed by atoms with Crippen molar-refractivity contribution in [3.05, 3.63) is 29.8 Å². The molecule has 20 heavy (non-hydrogen) atoms. The van der Waals surface area contributed by atoms with Gasteiger partial charge in [-0.25, -0.2) is 0 Å². The second-order valence-corrected chi connectivity index (χ2v) is 3.94. The number of carbonyl (C=O) groups is 3. The maximum Gasteiger partial charge on any atom is 0.315 e. The van der Waals surface area contributed by atoms with Gasteiger partial charge in [0.25, 0.3) is 5.91 Å². The van der Waals surface area contributed by atoms with Crippen LogP contribution >= 0.6 is 0 Å². The molecule has 0 aliphatic carbocycles. The van der Waals surface area contributed by atoms with Gasteiger partial charge in [-0.3, -0.25) is 14.4 Å². The highest BCUT2D eigenvalue weighted by Gasteiger charge is 2.14. The lowest BCUT2D eigenvalue weighted by atomic mass is 10.1. The molecule has 0 fully saturated rings. The van der Waals surface area contributed by atoms with E-state index < -0.39 is 11.9 Å². The molecule has 0 saturated heterocycles. The van der Waals surface area contributed by atoms with Crippen molar-refractivity contribution >= 4 is 23.5 Å². The number of amides is 2. The fourth-order valence-corrected chi connectivity index (χ4v) is 1.58. The Balaban J connectivity index is 2.74. The van der Waals surface area contributed by atoms with Crippen LogP contribution in [0.3, 0.4) is 0 Å². The summed E-state index contributed by atoms with van der Waals surface area (Å²) in [4.78, 5) is 34.7. The molecule has 0 unspecified atom stereocenters. The Labute approximate surface area is 117 Å². The summed E-state index contributed by atoms with van der Waals surface area (Å²) in [7, 11) is 0. The van der Waals surface area contributed by atoms with Gasteiger partial charge in [0.05, 0.1) is 17.9 Å². The van der Waals surface area contributed by atoms with E-state index in [1.165, 1.54) is 0 Å². The van der Waals surface area contributed by atoms with Crippen molar-refractivity contribution in [3.8, 4) is 0 Å². The van der Waals surface area contributed by atoms with Crippen LogP contribution < -0.4 is 10.6 Å². The van der Waals surface area contributed by atoms with Gasteiger partial charge in [-0.2, -0.15) is 0 Å². The molecule has 0 aromatic heterocycles. The number of hydrogen-bond acceptors (Lipinski definition) is 4. The summed E-state index contributed by atoms with van der Waals surface area (Å²) in [6, 6.07) is 6.60. The Hall–Kier alpha value is -2.37. The standard InChI is InChI=1S/C14H18N2O4/c1-3-15-14(19)10-7-5-6-8-11(10)16-12(17)9-13(18)20-4-2/h5-8H,3-4,9H2,1-2H3,(H,15,19)(H,16,17). The van der Waals surface area contributed by atoms with E-state index in [2.05, 4.69) is 15.4 Å². The lowest BCUT2D eigenvalue weighted by Gasteiger charge is -2.10. The highest BCUT2D eigenvalue weighted by Crippen LogP contribution is 2.15. The van der Waals surface area contributed by atoms with Gasteiger partial charge in [0.15, 0.2) is 0 Å². The highest BCUT2D eigenvalue weighted by atomic mass is 16.5. The lowest BCUT2D eigenvalue weighted by molar-refractivity contribution is -0.145. The molecule has 0 atom stereocenters. The third-order valence-corrected chi connectivity index (χ3v) is 2.39. The monoisotopic (exact) mass is 278 g/mol. The minimum Gasteiger partial charge on any atom is -0.466 e. The molecular formula is C14H18N2O4. The zero-order chi connectivity index (χ0) is 15.0. The van der Waals surface area contributed by atoms with Crippen LogP contribution in [0.1, 0.15) is 30.6 Å². The number of rotatable bonds is 6. The molecule has 108 valence electrons. The fraction of sp³-hybridized carbons (Fsp3) is 0.357. The van der Waals surface area contributed by atoms with Crippen molar-refractivity contribution in [3.63, 3.8) is 0 Å². The molecule has 2 N–H and O–H groups in total. The van der Waals surface area contributed by atoms with E-state index in [1.807, 2.05) is 0 Å². The van der Waals surface area contributed by atoms with Crippen molar-refractivity contribution < 1.29 is 19.1 Å². The van der Waals surface area contributed by atoms with Crippen LogP contribution in [0.15, 0.2) is 24.3 Å². The number of esters is 1. The molecule has 0 spiro atoms. The van der Waals surface area contributed by atoms with E-state index in [4.69, 9.17) is 0 Å². The van der Waals surface area contributed by atoms with Gasteiger partial charge in [-0.15, -0.1) is 0 Å². The molecule has 1 aromatic rings. The molecule has 0 bridgehead atoms. The molecular weight excluding hydrogens is 260 g/mol. The maximum absolute atomic E-state index is 11.8. The highest BCUT2D eigenvalue weighted by molar-refractivity contribution is 6.07. The van der Waals surface area contributed by atoms with E-state index in [9.17, 15) is 14.4 Å². The van der Waals surface area contributed by atoms with Crippen LogP contribution in [-0.4, -0.2) is 30.9 Å². The van der Waals surface area contributed by atoms with Gasteiger partial charge in [0, 0.05) is 6.54 Å². The molecule has 0 saturated carbocycles. The Bertz CT molecular complexity index is 500. The van der Waals surface area contributed by atoms with E-state index in [1.54, 1.807) is 38.1 Å². The van der Waals surface area contributed by atoms with Crippen LogP contribution in [0.5, 0.6) is 0 Å². The van der Waals surface area contributed by atoms with Crippen molar-refractivity contribution in [2.45, 2.75) is 20.3 Å². The zero-order valence-corrected chi connectivity index (χ0v) is 11.6. The SMILES string of the molecule is CCNC(=O)c1ccccc1NC(=O)CC(=O)OCC. The first kappa shape index (κ1) is 15.7. The second kappa shape index (κ2) is 7.93. The van der Waals surface area contributed by atoms with Gasteiger partial charge in [0.1, 0.15) is 6.42 Å². The van der Waals surface area contributed by atoms with E-state index in [0.717, 1.165) is 0 Å². The first-order chi connectivity index (χ1) is 9.58. The Morgan fingerprint density at radius 2 is 1.85 bits per heavy atom. The van der Waals surface area contributed by atoms with Crippen molar-refractivity contribution in [1.29, 1.82) is 0 Å². The maximum atomic E-state index is 11.8. The number of nitrogens with one attached hydrogen (secondary N) is 2. The topological polar surface area (TPSA) is 84.5 Å². The summed E-state index contributed by atoms with van der Waals surface area (Å²) in [5, 5.41) is 5.19. The average molecular weight is 278 g/mol. The van der Waals surface area contributed by atoms with Crippen molar-refractivity contribution in [2.24, 2.45) is 0 Å². The van der Waals surface area contributed by atoms with Crippen LogP contribution in [0.4, 0.5) is 5.69 Å². The van der Waals surface area contributed by atoms with E-state index in [-0.39, 0.29) is 18.9 Å². The largest absolute Gasteiger partial charge is 0.466 e. The summed E-state index contributed by atoms with van der Waals surface area (Å²) < 4.78 is 4.69. The number of ether oxygens (including phenoxy) is 1. The van der Waals surface area contributed by atoms with Crippen LogP contribution in [-0.2, 0) is 14.3 Å². The summed E-state index contributed by atoms with van der Waals surface area (Å²) >= 11 is 0. The minimum atomic E-state index is -0.597. The number of carbonyl (C=O) groups excluding carboxylic acids is 3. The molecule has 2 amide bonds. The third kappa shape index (κ3) is 4.72. The molecule has 6 heteroatoms. The average Bonchev–Trinajstić information content (AvgIpc) is 2.39. The molecule has 0 aliphatic heterocycles. The summed E-state index contributed by atoms with van der Waals surface area (Å²) in [6.07, 6.45) is -0.377. The molecule has 1 aromatic carbocycles. The molecule has 6 nitrogen and oxygen atoms in total. The molecule has 0 aliphatic rings. The number of hydrogen-bond donors (Lipinski definition) is 2. The number of anilines is 1. The predicted molar refractivity (Wildman–Crippen MR) is 74.3 cm³/mol. The van der Waals surface area contributed by atoms with Crippen LogP contribution in [0, 0.1) is 0 Å². The van der Waals surface area contributed by atoms with Gasteiger partial charge in [0.2, 0.25) is 5.91 Å². The van der Waals surface area contributed by atoms with Gasteiger partial charge < -0.3 is 15.4 Å². The minimum absolute atomic E-state index is 0.224. The normalized spacial score (nSPS) is 9.70. The first-order valence-corrected chi connectivity index (χ1v) is 6.41. The second-order valence-electron chi connectivity index (χ2n) is 3.94. The smallest absolute Gasteiger partial charge is 0.315 e. The summed E-state index contributed by atoms with van der Waals surface area (Å²) in [5.41, 5.74) is 0.722.